The minimum absolute atomic E-state index is 0.0172. The number of aromatic nitrogens is 2. The molecule has 2 aliphatic rings. The lowest BCUT2D eigenvalue weighted by Crippen LogP contribution is -2.26. The Kier molecular flexibility index (Phi) is 12.8. The number of aromatic carboxylic acids is 1. The largest absolute Gasteiger partial charge is 0.477 e. The second-order valence-corrected chi connectivity index (χ2v) is 11.4. The fourth-order valence-corrected chi connectivity index (χ4v) is 5.49. The van der Waals surface area contributed by atoms with Gasteiger partial charge < -0.3 is 16.2 Å². The molecule has 8 heteroatoms. The summed E-state index contributed by atoms with van der Waals surface area (Å²) < 4.78 is 4.84. The van der Waals surface area contributed by atoms with Crippen LogP contribution in [0.15, 0.2) is 29.3 Å². The van der Waals surface area contributed by atoms with Crippen molar-refractivity contribution in [1.82, 2.24) is 19.8 Å². The first kappa shape index (κ1) is 29.5. The molecule has 2 aliphatic carbocycles. The molecule has 0 radical (unpaired) electrons. The maximum atomic E-state index is 11.1. The summed E-state index contributed by atoms with van der Waals surface area (Å²) in [5.74, 6) is -0.930. The summed E-state index contributed by atoms with van der Waals surface area (Å²) in [5, 5.41) is 16.8. The third kappa shape index (κ3) is 10.3. The van der Waals surface area contributed by atoms with Crippen LogP contribution in [-0.2, 0) is 0 Å². The summed E-state index contributed by atoms with van der Waals surface area (Å²) in [6.07, 6.45) is 20.9. The van der Waals surface area contributed by atoms with Gasteiger partial charge in [-0.15, -0.1) is 0 Å². The Morgan fingerprint density at radius 3 is 2.35 bits per heavy atom. The van der Waals surface area contributed by atoms with E-state index in [9.17, 15) is 4.79 Å². The van der Waals surface area contributed by atoms with Gasteiger partial charge in [-0.3, -0.25) is 4.72 Å². The Balaban J connectivity index is 0.000000214. The molecule has 5 N–H and O–H groups in total. The van der Waals surface area contributed by atoms with Gasteiger partial charge in [0.05, 0.1) is 11.9 Å². The van der Waals surface area contributed by atoms with Crippen molar-refractivity contribution in [3.63, 3.8) is 0 Å². The Morgan fingerprint density at radius 1 is 1.05 bits per heavy atom. The van der Waals surface area contributed by atoms with Crippen molar-refractivity contribution in [2.24, 2.45) is 0 Å². The van der Waals surface area contributed by atoms with Crippen molar-refractivity contribution in [3.8, 4) is 5.69 Å². The number of aryl methyl sites for hydroxylation is 1. The molecule has 2 aromatic rings. The van der Waals surface area contributed by atoms with E-state index in [1.54, 1.807) is 11.9 Å². The number of carboxylic acids is 1. The zero-order chi connectivity index (χ0) is 26.5. The third-order valence-electron chi connectivity index (χ3n) is 7.18. The first-order valence-corrected chi connectivity index (χ1v) is 15.1. The van der Waals surface area contributed by atoms with Crippen LogP contribution in [0.25, 0.3) is 5.69 Å². The molecular formula is C29H47N5O2S. The number of rotatable bonds is 15. The number of benzene rings is 1. The smallest absolute Gasteiger partial charge is 0.341 e. The van der Waals surface area contributed by atoms with Crippen molar-refractivity contribution < 1.29 is 9.90 Å². The Labute approximate surface area is 227 Å². The Hall–Kier alpha value is -2.03. The standard InChI is InChI=1S/C15H31N.C14H16N4O2S/c1-2-3-4-5-6-7-8-11-14-16-15-12-9-10-13-15;1-8-2-5-10(21-17-9-3-4-9)6-12(8)18-13(15)11(7-16-18)14(19)20/h15-16H,2-14H2,1H3;2,5-7,9,17H,3-4,15H2,1H3,(H,19,20). The molecule has 4 rings (SSSR count). The van der Waals surface area contributed by atoms with Crippen LogP contribution < -0.4 is 15.8 Å². The number of hydrogen-bond acceptors (Lipinski definition) is 6. The topological polar surface area (TPSA) is 105 Å². The highest BCUT2D eigenvalue weighted by Gasteiger charge is 2.21. The normalized spacial score (nSPS) is 15.5. The van der Waals surface area contributed by atoms with Crippen LogP contribution in [0.1, 0.15) is 113 Å². The lowest BCUT2D eigenvalue weighted by molar-refractivity contribution is 0.0698. The van der Waals surface area contributed by atoms with Gasteiger partial charge in [-0.05, 0) is 75.2 Å². The maximum Gasteiger partial charge on any atom is 0.341 e. The number of nitrogens with one attached hydrogen (secondary N) is 2. The molecule has 0 atom stereocenters. The number of unbranched alkanes of at least 4 members (excludes halogenated alkanes) is 7. The molecule has 0 aliphatic heterocycles. The first-order valence-electron chi connectivity index (χ1n) is 14.3. The number of carbonyl (C=O) groups is 1. The van der Waals surface area contributed by atoms with Crippen LogP contribution in [0.4, 0.5) is 5.82 Å². The summed E-state index contributed by atoms with van der Waals surface area (Å²) in [6, 6.07) is 7.44. The van der Waals surface area contributed by atoms with Crippen molar-refractivity contribution in [1.29, 1.82) is 0 Å². The lowest BCUT2D eigenvalue weighted by atomic mass is 10.1. The average molecular weight is 530 g/mol. The fraction of sp³-hybridized carbons (Fsp3) is 0.655. The minimum Gasteiger partial charge on any atom is -0.477 e. The molecule has 2 fully saturated rings. The molecule has 1 heterocycles. The summed E-state index contributed by atoms with van der Waals surface area (Å²) in [6.45, 7) is 5.49. The van der Waals surface area contributed by atoms with E-state index >= 15 is 0 Å². The highest BCUT2D eigenvalue weighted by atomic mass is 32.2. The molecule has 37 heavy (non-hydrogen) atoms. The fourth-order valence-electron chi connectivity index (χ4n) is 4.64. The van der Waals surface area contributed by atoms with Gasteiger partial charge in [-0.1, -0.05) is 70.8 Å². The maximum absolute atomic E-state index is 11.1. The van der Waals surface area contributed by atoms with Crippen molar-refractivity contribution in [2.45, 2.75) is 121 Å². The van der Waals surface area contributed by atoms with Crippen molar-refractivity contribution >= 4 is 23.7 Å². The van der Waals surface area contributed by atoms with Crippen LogP contribution in [0, 0.1) is 6.92 Å². The molecule has 0 bridgehead atoms. The molecule has 7 nitrogen and oxygen atoms in total. The van der Waals surface area contributed by atoms with Gasteiger partial charge in [0, 0.05) is 17.0 Å². The van der Waals surface area contributed by atoms with Gasteiger partial charge in [-0.25, -0.2) is 9.48 Å². The van der Waals surface area contributed by atoms with Crippen molar-refractivity contribution in [2.75, 3.05) is 12.3 Å². The number of nitrogen functional groups attached to an aromatic ring is 1. The molecule has 0 saturated heterocycles. The summed E-state index contributed by atoms with van der Waals surface area (Å²) >= 11 is 1.58. The van der Waals surface area contributed by atoms with E-state index in [1.165, 1.54) is 107 Å². The highest BCUT2D eigenvalue weighted by Crippen LogP contribution is 2.28. The highest BCUT2D eigenvalue weighted by molar-refractivity contribution is 7.97. The van der Waals surface area contributed by atoms with Crippen LogP contribution in [0.3, 0.4) is 0 Å². The molecule has 206 valence electrons. The number of hydrogen-bond donors (Lipinski definition) is 4. The lowest BCUT2D eigenvalue weighted by Gasteiger charge is -2.11. The molecular weight excluding hydrogens is 482 g/mol. The number of anilines is 1. The number of carboxylic acid groups (broad SMARTS) is 1. The van der Waals surface area contributed by atoms with E-state index in [1.807, 2.05) is 25.1 Å². The van der Waals surface area contributed by atoms with E-state index in [-0.39, 0.29) is 11.4 Å². The molecule has 2 saturated carbocycles. The van der Waals surface area contributed by atoms with Gasteiger partial charge in [-0.2, -0.15) is 5.10 Å². The second-order valence-electron chi connectivity index (χ2n) is 10.5. The average Bonchev–Trinajstić information content (AvgIpc) is 3.42. The van der Waals surface area contributed by atoms with Gasteiger partial charge in [0.1, 0.15) is 11.4 Å². The van der Waals surface area contributed by atoms with E-state index in [0.717, 1.165) is 22.2 Å². The first-order chi connectivity index (χ1) is 18.0. The predicted octanol–water partition coefficient (Wildman–Crippen LogP) is 6.88. The molecule has 0 spiro atoms. The van der Waals surface area contributed by atoms with E-state index in [2.05, 4.69) is 22.1 Å². The second kappa shape index (κ2) is 16.0. The molecule has 0 unspecified atom stereocenters. The van der Waals surface area contributed by atoms with Crippen molar-refractivity contribution in [3.05, 3.63) is 35.5 Å². The predicted molar refractivity (Wildman–Crippen MR) is 155 cm³/mol. The van der Waals surface area contributed by atoms with Gasteiger partial charge in [0.15, 0.2) is 0 Å². The van der Waals surface area contributed by atoms with Crippen LogP contribution in [0.5, 0.6) is 0 Å². The van der Waals surface area contributed by atoms with Gasteiger partial charge in [0.25, 0.3) is 0 Å². The third-order valence-corrected chi connectivity index (χ3v) is 8.13. The van der Waals surface area contributed by atoms with E-state index in [4.69, 9.17) is 10.8 Å². The van der Waals surface area contributed by atoms with Crippen LogP contribution in [-0.4, -0.2) is 39.5 Å². The Morgan fingerprint density at radius 2 is 1.73 bits per heavy atom. The minimum atomic E-state index is -1.07. The van der Waals surface area contributed by atoms with E-state index in [0.29, 0.717) is 6.04 Å². The van der Waals surface area contributed by atoms with Gasteiger partial charge in [0.2, 0.25) is 0 Å². The van der Waals surface area contributed by atoms with Crippen LogP contribution in [0.2, 0.25) is 0 Å². The summed E-state index contributed by atoms with van der Waals surface area (Å²) in [7, 11) is 0. The molecule has 0 amide bonds. The zero-order valence-corrected chi connectivity index (χ0v) is 23.6. The molecule has 1 aromatic carbocycles. The SMILES string of the molecule is CCCCCCCCCCNC1CCCC1.Cc1ccc(SNC2CC2)cc1-n1ncc(C(=O)O)c1N. The summed E-state index contributed by atoms with van der Waals surface area (Å²) in [5.41, 5.74) is 7.68. The molecule has 1 aromatic heterocycles. The number of nitrogens with two attached hydrogens (primary N) is 1. The summed E-state index contributed by atoms with van der Waals surface area (Å²) in [4.78, 5) is 12.1. The Bertz CT molecular complexity index is 954. The quantitative estimate of drug-likeness (QED) is 0.147. The van der Waals surface area contributed by atoms with Gasteiger partial charge >= 0.3 is 5.97 Å². The van der Waals surface area contributed by atoms with Crippen LogP contribution >= 0.6 is 11.9 Å². The van der Waals surface area contributed by atoms with E-state index < -0.39 is 5.97 Å². The number of nitrogens with zero attached hydrogens (tertiary/aromatic N) is 2. The monoisotopic (exact) mass is 529 g/mol. The zero-order valence-electron chi connectivity index (χ0n) is 22.8.